The number of aryl methyl sites for hydroxylation is 2. The van der Waals surface area contributed by atoms with E-state index in [0.717, 1.165) is 71.9 Å². The molecule has 8 nitrogen and oxygen atoms in total. The minimum absolute atomic E-state index is 0.320. The topological polar surface area (TPSA) is 79.9 Å². The van der Waals surface area contributed by atoms with E-state index >= 15 is 0 Å². The van der Waals surface area contributed by atoms with Crippen LogP contribution in [0.5, 0.6) is 23.0 Å². The zero-order chi connectivity index (χ0) is 41.0. The molecule has 286 valence electrons. The van der Waals surface area contributed by atoms with Gasteiger partial charge in [0.05, 0.1) is 47.2 Å². The lowest BCUT2D eigenvalue weighted by molar-refractivity contribution is 0.483. The molecule has 0 fully saturated rings. The van der Waals surface area contributed by atoms with Gasteiger partial charge in [-0.1, -0.05) is 60.6 Å². The summed E-state index contributed by atoms with van der Waals surface area (Å²) in [5.74, 6) is 4.34. The Labute approximate surface area is 347 Å². The van der Waals surface area contributed by atoms with Crippen LogP contribution >= 0.6 is 0 Å². The van der Waals surface area contributed by atoms with Crippen molar-refractivity contribution >= 4 is 43.6 Å². The summed E-state index contributed by atoms with van der Waals surface area (Å²) >= 11 is 0. The predicted octanol–water partition coefficient (Wildman–Crippen LogP) is 13.0. The molecule has 0 spiro atoms. The molecule has 8 heteroatoms. The number of aromatic nitrogens is 6. The predicted molar refractivity (Wildman–Crippen MR) is 240 cm³/mol. The fraction of sp³-hybridized carbons (Fsp3) is 0.0385. The number of fused-ring (bicyclic) bond motifs is 6. The first-order valence-corrected chi connectivity index (χ1v) is 19.8. The quantitative estimate of drug-likeness (QED) is 0.153. The highest BCUT2D eigenvalue weighted by atomic mass is 16.5. The Morgan fingerprint density at radius 1 is 0.417 bits per heavy atom. The van der Waals surface area contributed by atoms with E-state index < -0.39 is 0 Å². The van der Waals surface area contributed by atoms with Crippen LogP contribution in [0.1, 0.15) is 12.5 Å². The molecule has 0 bridgehead atoms. The van der Waals surface area contributed by atoms with Gasteiger partial charge in [0.15, 0.2) is 0 Å². The van der Waals surface area contributed by atoms with Gasteiger partial charge in [-0.2, -0.15) is 0 Å². The molecule has 6 aromatic carbocycles. The minimum Gasteiger partial charge on any atom is -0.457 e. The number of hydrogen-bond acceptors (Lipinski definition) is 6. The molecular formula is C52H36N6O2. The maximum atomic E-state index is 8.75. The lowest BCUT2D eigenvalue weighted by Crippen LogP contribution is -1.97. The second-order valence-corrected chi connectivity index (χ2v) is 14.9. The van der Waals surface area contributed by atoms with Crippen molar-refractivity contribution < 1.29 is 10.8 Å². The molecular weight excluding hydrogens is 741 g/mol. The third kappa shape index (κ3) is 6.27. The molecule has 0 amide bonds. The highest BCUT2D eigenvalue weighted by Crippen LogP contribution is 2.37. The Bertz CT molecular complexity index is 3480. The smallest absolute Gasteiger partial charge is 0.137 e. The average Bonchev–Trinajstić information content (AvgIpc) is 3.79. The van der Waals surface area contributed by atoms with Crippen LogP contribution in [0.2, 0.25) is 0 Å². The highest BCUT2D eigenvalue weighted by molar-refractivity contribution is 6.10. The molecule has 0 saturated heterocycles. The van der Waals surface area contributed by atoms with Crippen LogP contribution in [0.3, 0.4) is 0 Å². The average molecular weight is 778 g/mol. The van der Waals surface area contributed by atoms with Crippen molar-refractivity contribution in [2.45, 2.75) is 13.8 Å². The van der Waals surface area contributed by atoms with Crippen molar-refractivity contribution in [3.8, 4) is 57.1 Å². The number of hydrogen-bond donors (Lipinski definition) is 0. The van der Waals surface area contributed by atoms with E-state index in [2.05, 4.69) is 95.8 Å². The van der Waals surface area contributed by atoms with Crippen molar-refractivity contribution in [3.63, 3.8) is 0 Å². The zero-order valence-electron chi connectivity index (χ0n) is 33.7. The van der Waals surface area contributed by atoms with E-state index in [9.17, 15) is 0 Å². The second-order valence-electron chi connectivity index (χ2n) is 14.9. The molecule has 60 heavy (non-hydrogen) atoms. The fourth-order valence-corrected chi connectivity index (χ4v) is 8.07. The molecule has 0 atom stereocenters. The molecule has 11 aromatic rings. The monoisotopic (exact) mass is 777 g/mol. The summed E-state index contributed by atoms with van der Waals surface area (Å²) in [5, 5.41) is 4.53. The Hall–Kier alpha value is -8.10. The fourth-order valence-electron chi connectivity index (χ4n) is 8.07. The zero-order valence-corrected chi connectivity index (χ0v) is 32.7. The van der Waals surface area contributed by atoms with Crippen molar-refractivity contribution in [3.05, 3.63) is 194 Å². The van der Waals surface area contributed by atoms with Crippen LogP contribution < -0.4 is 9.47 Å². The van der Waals surface area contributed by atoms with Crippen LogP contribution in [0.15, 0.2) is 182 Å². The van der Waals surface area contributed by atoms with Gasteiger partial charge < -0.3 is 9.47 Å². The number of rotatable bonds is 8. The molecule has 11 rings (SSSR count). The summed E-state index contributed by atoms with van der Waals surface area (Å²) in [6.07, 6.45) is 7.11. The van der Waals surface area contributed by atoms with E-state index in [1.54, 1.807) is 24.5 Å². The van der Waals surface area contributed by atoms with Gasteiger partial charge in [0, 0.05) is 57.2 Å². The Morgan fingerprint density at radius 2 is 0.900 bits per heavy atom. The number of benzene rings is 6. The van der Waals surface area contributed by atoms with Crippen LogP contribution in [0.25, 0.3) is 77.8 Å². The van der Waals surface area contributed by atoms with Gasteiger partial charge in [-0.15, -0.1) is 0 Å². The van der Waals surface area contributed by atoms with Crippen molar-refractivity contribution in [2.24, 2.45) is 0 Å². The van der Waals surface area contributed by atoms with Crippen LogP contribution in [0, 0.1) is 13.8 Å². The molecule has 5 heterocycles. The molecule has 0 radical (unpaired) electrons. The molecule has 0 unspecified atom stereocenters. The van der Waals surface area contributed by atoms with E-state index in [-0.39, 0.29) is 0 Å². The summed E-state index contributed by atoms with van der Waals surface area (Å²) in [6, 6.07) is 50.7. The molecule has 0 aliphatic rings. The van der Waals surface area contributed by atoms with E-state index in [1.165, 1.54) is 0 Å². The molecule has 0 aliphatic heterocycles. The van der Waals surface area contributed by atoms with Gasteiger partial charge in [-0.3, -0.25) is 19.1 Å². The van der Waals surface area contributed by atoms with Gasteiger partial charge in [-0.05, 0) is 110 Å². The van der Waals surface area contributed by atoms with Gasteiger partial charge >= 0.3 is 0 Å². The van der Waals surface area contributed by atoms with Crippen LogP contribution in [0.4, 0.5) is 0 Å². The first-order chi connectivity index (χ1) is 29.9. The Kier molecular flexibility index (Phi) is 8.14. The highest BCUT2D eigenvalue weighted by Gasteiger charge is 2.16. The summed E-state index contributed by atoms with van der Waals surface area (Å²) in [4.78, 5) is 19.0. The largest absolute Gasteiger partial charge is 0.457 e. The van der Waals surface area contributed by atoms with E-state index in [1.807, 2.05) is 79.1 Å². The standard InChI is InChI=1S/C52H36N6O2/c1-33-21-23-53-51(25-33)57-47-15-5-3-13-41(47)43-19-17-39(29-49(43)57)59-37-11-7-9-35(27-37)45-31-56-46(32-55-45)36-10-8-12-38(28-36)60-40-18-20-44-42-14-4-6-16-48(42)58(50(44)30-40)52-26-34(2)22-24-54-52/h3-32H,1-2H3/i9D. The molecule has 5 aromatic heterocycles. The number of para-hydroxylation sites is 2. The number of ether oxygens (including phenoxy) is 2. The van der Waals surface area contributed by atoms with Gasteiger partial charge in [0.1, 0.15) is 34.6 Å². The van der Waals surface area contributed by atoms with Gasteiger partial charge in [0.2, 0.25) is 0 Å². The normalized spacial score (nSPS) is 11.7. The van der Waals surface area contributed by atoms with E-state index in [4.69, 9.17) is 30.8 Å². The summed E-state index contributed by atoms with van der Waals surface area (Å²) in [6.45, 7) is 4.15. The van der Waals surface area contributed by atoms with Crippen LogP contribution in [-0.4, -0.2) is 29.1 Å². The lowest BCUT2D eigenvalue weighted by Gasteiger charge is -2.11. The number of pyridine rings is 2. The lowest BCUT2D eigenvalue weighted by atomic mass is 10.1. The number of nitrogens with zero attached hydrogens (tertiary/aromatic N) is 6. The van der Waals surface area contributed by atoms with Gasteiger partial charge in [-0.25, -0.2) is 9.97 Å². The third-order valence-corrected chi connectivity index (χ3v) is 10.9. The maximum absolute atomic E-state index is 8.75. The first-order valence-electron chi connectivity index (χ1n) is 20.3. The first kappa shape index (κ1) is 34.0. The second kappa shape index (κ2) is 14.4. The minimum atomic E-state index is 0.320. The van der Waals surface area contributed by atoms with Gasteiger partial charge in [0.25, 0.3) is 0 Å². The maximum Gasteiger partial charge on any atom is 0.137 e. The summed E-state index contributed by atoms with van der Waals surface area (Å²) in [7, 11) is 0. The van der Waals surface area contributed by atoms with Crippen molar-refractivity contribution in [2.75, 3.05) is 0 Å². The summed E-state index contributed by atoms with van der Waals surface area (Å²) < 4.78 is 26.0. The molecule has 0 saturated carbocycles. The SMILES string of the molecule is [2H]c1ccc(Oc2ccc3c4ccccc4n(-c4cc(C)ccn4)c3c2)cc1-c1cnc(-c2cccc(Oc3ccc4c5ccccc5n(-c5cc(C)ccn5)c4c3)c2)cn1. The van der Waals surface area contributed by atoms with E-state index in [0.29, 0.717) is 46.0 Å². The molecule has 0 aliphatic carbocycles. The Balaban J connectivity index is 0.863. The summed E-state index contributed by atoms with van der Waals surface area (Å²) in [5.41, 5.74) is 9.15. The van der Waals surface area contributed by atoms with Crippen molar-refractivity contribution in [1.29, 1.82) is 0 Å². The third-order valence-electron chi connectivity index (χ3n) is 10.9. The van der Waals surface area contributed by atoms with Crippen LogP contribution in [-0.2, 0) is 0 Å². The Morgan fingerprint density at radius 3 is 1.45 bits per heavy atom. The molecule has 0 N–H and O–H groups in total. The van der Waals surface area contributed by atoms with Crippen molar-refractivity contribution in [1.82, 2.24) is 29.1 Å².